The fraction of sp³-hybridized carbons (Fsp3) is 0.647. The van der Waals surface area contributed by atoms with Crippen LogP contribution in [0.3, 0.4) is 0 Å². The van der Waals surface area contributed by atoms with E-state index >= 15 is 0 Å². The molecule has 1 fully saturated rings. The van der Waals surface area contributed by atoms with Crippen molar-refractivity contribution in [1.29, 1.82) is 0 Å². The molecule has 0 aromatic heterocycles. The number of aryl methyl sites for hydroxylation is 2. The van der Waals surface area contributed by atoms with Crippen LogP contribution in [0.2, 0.25) is 0 Å². The van der Waals surface area contributed by atoms with Crippen molar-refractivity contribution in [3.63, 3.8) is 0 Å². The van der Waals surface area contributed by atoms with Gasteiger partial charge in [0, 0.05) is 12.6 Å². The fourth-order valence-electron chi connectivity index (χ4n) is 2.84. The van der Waals surface area contributed by atoms with E-state index in [1.807, 2.05) is 0 Å². The molecule has 0 saturated heterocycles. The molecule has 19 heavy (non-hydrogen) atoms. The lowest BCUT2D eigenvalue weighted by atomic mass is 10.0. The van der Waals surface area contributed by atoms with Gasteiger partial charge in [0.05, 0.1) is 6.10 Å². The van der Waals surface area contributed by atoms with Crippen molar-refractivity contribution >= 4 is 0 Å². The molecule has 2 nitrogen and oxygen atoms in total. The summed E-state index contributed by atoms with van der Waals surface area (Å²) in [6.45, 7) is 7.45. The number of aliphatic hydroxyl groups is 1. The molecule has 0 bridgehead atoms. The third kappa shape index (κ3) is 4.05. The summed E-state index contributed by atoms with van der Waals surface area (Å²) in [6.07, 6.45) is 3.24. The molecule has 0 heterocycles. The van der Waals surface area contributed by atoms with Crippen molar-refractivity contribution < 1.29 is 5.11 Å². The Labute approximate surface area is 117 Å². The van der Waals surface area contributed by atoms with E-state index in [1.54, 1.807) is 0 Å². The first-order valence-corrected chi connectivity index (χ1v) is 7.44. The third-order valence-corrected chi connectivity index (χ3v) is 4.38. The molecule has 2 atom stereocenters. The maximum absolute atomic E-state index is 10.3. The standard InChI is InChI=1S/C17H27NO/c1-12-9-13(2)11-16(10-12)17(19)7-8-18(4)14(3)15-5-6-15/h9-11,14-15,17,19H,5-8H2,1-4H3. The first kappa shape index (κ1) is 14.5. The lowest BCUT2D eigenvalue weighted by Gasteiger charge is -2.25. The van der Waals surface area contributed by atoms with Crippen LogP contribution in [0, 0.1) is 19.8 Å². The van der Waals surface area contributed by atoms with E-state index in [0.717, 1.165) is 24.4 Å². The molecule has 2 rings (SSSR count). The topological polar surface area (TPSA) is 23.5 Å². The van der Waals surface area contributed by atoms with Crippen molar-refractivity contribution in [3.8, 4) is 0 Å². The van der Waals surface area contributed by atoms with Crippen LogP contribution in [-0.2, 0) is 0 Å². The zero-order chi connectivity index (χ0) is 14.0. The highest BCUT2D eigenvalue weighted by atomic mass is 16.3. The summed E-state index contributed by atoms with van der Waals surface area (Å²) >= 11 is 0. The average molecular weight is 261 g/mol. The molecular weight excluding hydrogens is 234 g/mol. The Balaban J connectivity index is 1.87. The van der Waals surface area contributed by atoms with Crippen molar-refractivity contribution in [2.24, 2.45) is 5.92 Å². The van der Waals surface area contributed by atoms with Gasteiger partial charge in [-0.3, -0.25) is 0 Å². The maximum Gasteiger partial charge on any atom is 0.0802 e. The Bertz CT molecular complexity index is 405. The summed E-state index contributed by atoms with van der Waals surface area (Å²) in [5.74, 6) is 0.892. The van der Waals surface area contributed by atoms with Gasteiger partial charge in [0.15, 0.2) is 0 Å². The Morgan fingerprint density at radius 3 is 2.32 bits per heavy atom. The molecule has 1 aliphatic rings. The predicted octanol–water partition coefficient (Wildman–Crippen LogP) is 3.46. The van der Waals surface area contributed by atoms with E-state index < -0.39 is 0 Å². The number of hydrogen-bond donors (Lipinski definition) is 1. The lowest BCUT2D eigenvalue weighted by Crippen LogP contribution is -2.32. The number of aliphatic hydroxyl groups excluding tert-OH is 1. The Morgan fingerprint density at radius 2 is 1.79 bits per heavy atom. The largest absolute Gasteiger partial charge is 0.388 e. The van der Waals surface area contributed by atoms with Crippen LogP contribution in [0.15, 0.2) is 18.2 Å². The molecule has 2 unspecified atom stereocenters. The van der Waals surface area contributed by atoms with E-state index in [4.69, 9.17) is 0 Å². The van der Waals surface area contributed by atoms with Gasteiger partial charge in [-0.15, -0.1) is 0 Å². The van der Waals surface area contributed by atoms with Gasteiger partial charge in [-0.25, -0.2) is 0 Å². The van der Waals surface area contributed by atoms with E-state index in [0.29, 0.717) is 6.04 Å². The summed E-state index contributed by atoms with van der Waals surface area (Å²) in [7, 11) is 2.18. The van der Waals surface area contributed by atoms with Crippen LogP contribution >= 0.6 is 0 Å². The summed E-state index contributed by atoms with van der Waals surface area (Å²) < 4.78 is 0. The molecule has 1 N–H and O–H groups in total. The van der Waals surface area contributed by atoms with Gasteiger partial charge in [-0.05, 0) is 58.6 Å². The maximum atomic E-state index is 10.3. The normalized spacial score (nSPS) is 18.6. The summed E-state index contributed by atoms with van der Waals surface area (Å²) in [5.41, 5.74) is 3.52. The molecule has 1 aliphatic carbocycles. The molecule has 0 radical (unpaired) electrons. The monoisotopic (exact) mass is 261 g/mol. The highest BCUT2D eigenvalue weighted by molar-refractivity contribution is 5.29. The minimum atomic E-state index is -0.340. The van der Waals surface area contributed by atoms with Gasteiger partial charge < -0.3 is 10.0 Å². The minimum absolute atomic E-state index is 0.340. The second kappa shape index (κ2) is 6.06. The molecular formula is C17H27NO. The van der Waals surface area contributed by atoms with Crippen molar-refractivity contribution in [2.75, 3.05) is 13.6 Å². The van der Waals surface area contributed by atoms with Crippen molar-refractivity contribution in [3.05, 3.63) is 34.9 Å². The first-order valence-electron chi connectivity index (χ1n) is 7.44. The van der Waals surface area contributed by atoms with Gasteiger partial charge in [0.2, 0.25) is 0 Å². The zero-order valence-corrected chi connectivity index (χ0v) is 12.7. The lowest BCUT2D eigenvalue weighted by molar-refractivity contribution is 0.135. The van der Waals surface area contributed by atoms with Crippen LogP contribution in [0.4, 0.5) is 0 Å². The highest BCUT2D eigenvalue weighted by Gasteiger charge is 2.30. The van der Waals surface area contributed by atoms with E-state index in [2.05, 4.69) is 50.9 Å². The zero-order valence-electron chi connectivity index (χ0n) is 12.7. The Hall–Kier alpha value is -0.860. The Morgan fingerprint density at radius 1 is 1.21 bits per heavy atom. The van der Waals surface area contributed by atoms with Crippen LogP contribution in [0.25, 0.3) is 0 Å². The van der Waals surface area contributed by atoms with Crippen LogP contribution in [0.5, 0.6) is 0 Å². The summed E-state index contributed by atoms with van der Waals surface area (Å²) in [6, 6.07) is 7.01. The molecule has 1 aromatic carbocycles. The molecule has 1 aromatic rings. The number of nitrogens with zero attached hydrogens (tertiary/aromatic N) is 1. The number of hydrogen-bond acceptors (Lipinski definition) is 2. The molecule has 0 amide bonds. The van der Waals surface area contributed by atoms with Gasteiger partial charge >= 0.3 is 0 Å². The number of rotatable bonds is 6. The van der Waals surface area contributed by atoms with Gasteiger partial charge in [-0.1, -0.05) is 29.3 Å². The molecule has 2 heteroatoms. The minimum Gasteiger partial charge on any atom is -0.388 e. The average Bonchev–Trinajstić information content (AvgIpc) is 3.17. The van der Waals surface area contributed by atoms with Crippen LogP contribution < -0.4 is 0 Å². The highest BCUT2D eigenvalue weighted by Crippen LogP contribution is 2.34. The first-order chi connectivity index (χ1) is 8.97. The third-order valence-electron chi connectivity index (χ3n) is 4.38. The summed E-state index contributed by atoms with van der Waals surface area (Å²) in [5, 5.41) is 10.3. The van der Waals surface area contributed by atoms with Crippen LogP contribution in [0.1, 0.15) is 49.0 Å². The second-order valence-electron chi connectivity index (χ2n) is 6.28. The predicted molar refractivity (Wildman–Crippen MR) is 80.3 cm³/mol. The van der Waals surface area contributed by atoms with Gasteiger partial charge in [0.25, 0.3) is 0 Å². The SMILES string of the molecule is Cc1cc(C)cc(C(O)CCN(C)C(C)C2CC2)c1. The fourth-order valence-corrected chi connectivity index (χ4v) is 2.84. The second-order valence-corrected chi connectivity index (χ2v) is 6.28. The van der Waals surface area contributed by atoms with Gasteiger partial charge in [-0.2, -0.15) is 0 Å². The van der Waals surface area contributed by atoms with E-state index in [1.165, 1.54) is 24.0 Å². The van der Waals surface area contributed by atoms with Gasteiger partial charge in [0.1, 0.15) is 0 Å². The van der Waals surface area contributed by atoms with E-state index in [-0.39, 0.29) is 6.10 Å². The van der Waals surface area contributed by atoms with Crippen molar-refractivity contribution in [2.45, 2.75) is 52.2 Å². The Kier molecular flexibility index (Phi) is 4.64. The summed E-state index contributed by atoms with van der Waals surface area (Å²) in [4.78, 5) is 2.39. The quantitative estimate of drug-likeness (QED) is 0.847. The van der Waals surface area contributed by atoms with Crippen LogP contribution in [-0.4, -0.2) is 29.6 Å². The van der Waals surface area contributed by atoms with E-state index in [9.17, 15) is 5.11 Å². The molecule has 0 spiro atoms. The smallest absolute Gasteiger partial charge is 0.0802 e. The van der Waals surface area contributed by atoms with Crippen molar-refractivity contribution in [1.82, 2.24) is 4.90 Å². The molecule has 106 valence electrons. The molecule has 1 saturated carbocycles. The number of benzene rings is 1. The molecule has 0 aliphatic heterocycles.